The minimum absolute atomic E-state index is 0.140. The van der Waals surface area contributed by atoms with Crippen molar-refractivity contribution in [1.29, 1.82) is 0 Å². The lowest BCUT2D eigenvalue weighted by Gasteiger charge is -2.30. The van der Waals surface area contributed by atoms with Crippen molar-refractivity contribution in [2.24, 2.45) is 0 Å². The van der Waals surface area contributed by atoms with Gasteiger partial charge in [-0.2, -0.15) is 0 Å². The van der Waals surface area contributed by atoms with Crippen molar-refractivity contribution in [3.05, 3.63) is 35.9 Å². The van der Waals surface area contributed by atoms with Crippen LogP contribution in [0.4, 0.5) is 0 Å². The number of benzene rings is 1. The van der Waals surface area contributed by atoms with Crippen LogP contribution in [0.2, 0.25) is 0 Å². The molecule has 0 aliphatic carbocycles. The van der Waals surface area contributed by atoms with Gasteiger partial charge in [0.15, 0.2) is 0 Å². The maximum atomic E-state index is 12.1. The van der Waals surface area contributed by atoms with Gasteiger partial charge in [-0.25, -0.2) is 0 Å². The van der Waals surface area contributed by atoms with Crippen LogP contribution in [0.25, 0.3) is 0 Å². The van der Waals surface area contributed by atoms with E-state index < -0.39 is 0 Å². The Bertz CT molecular complexity index is 416. The van der Waals surface area contributed by atoms with Gasteiger partial charge in [-0.1, -0.05) is 36.8 Å². The van der Waals surface area contributed by atoms with E-state index in [-0.39, 0.29) is 12.0 Å². The van der Waals surface area contributed by atoms with E-state index in [1.54, 1.807) is 0 Å². The maximum absolute atomic E-state index is 12.1. The van der Waals surface area contributed by atoms with E-state index in [2.05, 4.69) is 22.3 Å². The number of nitrogens with one attached hydrogen (secondary N) is 1. The highest BCUT2D eigenvalue weighted by molar-refractivity contribution is 5.76. The van der Waals surface area contributed by atoms with Crippen molar-refractivity contribution >= 4 is 5.97 Å². The SMILES string of the molecule is CCOC(=O)[C@H](CN1CCCCC1)NCc1ccccc1. The fourth-order valence-corrected chi connectivity index (χ4v) is 2.70. The number of esters is 1. The quantitative estimate of drug-likeness (QED) is 0.782. The Balaban J connectivity index is 1.89. The molecule has 0 saturated carbocycles. The molecule has 0 unspecified atom stereocenters. The van der Waals surface area contributed by atoms with E-state index in [1.807, 2.05) is 25.1 Å². The van der Waals surface area contributed by atoms with Gasteiger partial charge < -0.3 is 9.64 Å². The van der Waals surface area contributed by atoms with Gasteiger partial charge in [0.25, 0.3) is 0 Å². The molecule has 4 nitrogen and oxygen atoms in total. The summed E-state index contributed by atoms with van der Waals surface area (Å²) in [5.74, 6) is -0.140. The monoisotopic (exact) mass is 290 g/mol. The van der Waals surface area contributed by atoms with Crippen LogP contribution in [0.5, 0.6) is 0 Å². The van der Waals surface area contributed by atoms with E-state index in [0.717, 1.165) is 19.6 Å². The van der Waals surface area contributed by atoms with Gasteiger partial charge in [-0.05, 0) is 38.4 Å². The predicted octanol–water partition coefficient (Wildman–Crippen LogP) is 2.19. The van der Waals surface area contributed by atoms with Crippen LogP contribution < -0.4 is 5.32 Å². The molecule has 1 aliphatic heterocycles. The average Bonchev–Trinajstić information content (AvgIpc) is 2.53. The largest absolute Gasteiger partial charge is 0.465 e. The average molecular weight is 290 g/mol. The number of carbonyl (C=O) groups excluding carboxylic acids is 1. The summed E-state index contributed by atoms with van der Waals surface area (Å²) < 4.78 is 5.21. The van der Waals surface area contributed by atoms with Crippen LogP contribution in [0.1, 0.15) is 31.7 Å². The molecule has 2 rings (SSSR count). The Labute approximate surface area is 127 Å². The second-order valence-electron chi connectivity index (χ2n) is 5.53. The molecule has 1 N–H and O–H groups in total. The number of nitrogens with zero attached hydrogens (tertiary/aromatic N) is 1. The van der Waals surface area contributed by atoms with Gasteiger partial charge in [0.1, 0.15) is 6.04 Å². The first-order valence-corrected chi connectivity index (χ1v) is 7.96. The first kappa shape index (κ1) is 16.0. The predicted molar refractivity (Wildman–Crippen MR) is 84.0 cm³/mol. The first-order valence-electron chi connectivity index (χ1n) is 7.96. The van der Waals surface area contributed by atoms with Crippen LogP contribution in [0.3, 0.4) is 0 Å². The summed E-state index contributed by atoms with van der Waals surface area (Å²) in [7, 11) is 0. The molecular formula is C17H26N2O2. The van der Waals surface area contributed by atoms with Gasteiger partial charge in [-0.15, -0.1) is 0 Å². The van der Waals surface area contributed by atoms with Crippen molar-refractivity contribution < 1.29 is 9.53 Å². The zero-order valence-corrected chi connectivity index (χ0v) is 12.9. The summed E-state index contributed by atoms with van der Waals surface area (Å²) in [5.41, 5.74) is 1.19. The number of rotatable bonds is 7. The third-order valence-electron chi connectivity index (χ3n) is 3.86. The zero-order valence-electron chi connectivity index (χ0n) is 12.9. The second-order valence-corrected chi connectivity index (χ2v) is 5.53. The summed E-state index contributed by atoms with van der Waals surface area (Å²) >= 11 is 0. The lowest BCUT2D eigenvalue weighted by molar-refractivity contribution is -0.146. The van der Waals surface area contributed by atoms with Crippen LogP contribution in [0.15, 0.2) is 30.3 Å². The van der Waals surface area contributed by atoms with Crippen LogP contribution in [-0.4, -0.2) is 43.2 Å². The highest BCUT2D eigenvalue weighted by Gasteiger charge is 2.23. The summed E-state index contributed by atoms with van der Waals surface area (Å²) in [5, 5.41) is 3.35. The summed E-state index contributed by atoms with van der Waals surface area (Å²) in [6, 6.07) is 9.91. The van der Waals surface area contributed by atoms with Gasteiger partial charge in [0, 0.05) is 13.1 Å². The summed E-state index contributed by atoms with van der Waals surface area (Å²) in [6.07, 6.45) is 3.76. The highest BCUT2D eigenvalue weighted by Crippen LogP contribution is 2.10. The maximum Gasteiger partial charge on any atom is 0.324 e. The summed E-state index contributed by atoms with van der Waals surface area (Å²) in [4.78, 5) is 14.5. The Morgan fingerprint density at radius 1 is 1.24 bits per heavy atom. The van der Waals surface area contributed by atoms with E-state index in [0.29, 0.717) is 13.2 Å². The number of hydrogen-bond acceptors (Lipinski definition) is 4. The van der Waals surface area contributed by atoms with E-state index >= 15 is 0 Å². The standard InChI is InChI=1S/C17H26N2O2/c1-2-21-17(20)16(14-19-11-7-4-8-12-19)18-13-15-9-5-3-6-10-15/h3,5-6,9-10,16,18H,2,4,7-8,11-14H2,1H3/t16-/m0/s1. The number of ether oxygens (including phenoxy) is 1. The molecule has 1 fully saturated rings. The molecule has 0 radical (unpaired) electrons. The fraction of sp³-hybridized carbons (Fsp3) is 0.588. The molecule has 0 amide bonds. The van der Waals surface area contributed by atoms with Crippen molar-refractivity contribution in [1.82, 2.24) is 10.2 Å². The number of hydrogen-bond donors (Lipinski definition) is 1. The molecule has 1 aromatic rings. The molecule has 1 saturated heterocycles. The molecule has 1 aromatic carbocycles. The molecule has 21 heavy (non-hydrogen) atoms. The van der Waals surface area contributed by atoms with Gasteiger partial charge in [-0.3, -0.25) is 10.1 Å². The van der Waals surface area contributed by atoms with Gasteiger partial charge >= 0.3 is 5.97 Å². The molecule has 1 heterocycles. The van der Waals surface area contributed by atoms with E-state index in [9.17, 15) is 4.79 Å². The smallest absolute Gasteiger partial charge is 0.324 e. The minimum Gasteiger partial charge on any atom is -0.465 e. The Hall–Kier alpha value is -1.39. The van der Waals surface area contributed by atoms with Crippen molar-refractivity contribution in [2.45, 2.75) is 38.8 Å². The molecular weight excluding hydrogens is 264 g/mol. The van der Waals surface area contributed by atoms with Crippen molar-refractivity contribution in [3.63, 3.8) is 0 Å². The lowest BCUT2D eigenvalue weighted by atomic mass is 10.1. The van der Waals surface area contributed by atoms with Gasteiger partial charge in [0.05, 0.1) is 6.61 Å². The van der Waals surface area contributed by atoms with Crippen molar-refractivity contribution in [3.8, 4) is 0 Å². The molecule has 0 bridgehead atoms. The van der Waals surface area contributed by atoms with E-state index in [4.69, 9.17) is 4.74 Å². The molecule has 1 atom stereocenters. The van der Waals surface area contributed by atoms with Gasteiger partial charge in [0.2, 0.25) is 0 Å². The molecule has 0 spiro atoms. The summed E-state index contributed by atoms with van der Waals surface area (Å²) in [6.45, 7) is 5.89. The van der Waals surface area contributed by atoms with Crippen LogP contribution >= 0.6 is 0 Å². The molecule has 0 aromatic heterocycles. The Morgan fingerprint density at radius 3 is 2.62 bits per heavy atom. The van der Waals surface area contributed by atoms with E-state index in [1.165, 1.54) is 24.8 Å². The third-order valence-corrected chi connectivity index (χ3v) is 3.86. The molecule has 1 aliphatic rings. The normalized spacial score (nSPS) is 17.4. The topological polar surface area (TPSA) is 41.6 Å². The lowest BCUT2D eigenvalue weighted by Crippen LogP contribution is -2.48. The minimum atomic E-state index is -0.247. The zero-order chi connectivity index (χ0) is 14.9. The number of piperidine rings is 1. The Morgan fingerprint density at radius 2 is 1.95 bits per heavy atom. The number of carbonyl (C=O) groups is 1. The van der Waals surface area contributed by atoms with Crippen molar-refractivity contribution in [2.75, 3.05) is 26.2 Å². The number of likely N-dealkylation sites (tertiary alicyclic amines) is 1. The molecule has 116 valence electrons. The highest BCUT2D eigenvalue weighted by atomic mass is 16.5. The third kappa shape index (κ3) is 5.48. The first-order chi connectivity index (χ1) is 10.3. The second kappa shape index (κ2) is 8.80. The fourth-order valence-electron chi connectivity index (χ4n) is 2.70. The Kier molecular flexibility index (Phi) is 6.70. The molecule has 4 heteroatoms. The van der Waals surface area contributed by atoms with Crippen LogP contribution in [-0.2, 0) is 16.1 Å². The van der Waals surface area contributed by atoms with Crippen LogP contribution in [0, 0.1) is 0 Å².